The molecular formula is C12H18N2O. The molecule has 0 saturated heterocycles. The minimum Gasteiger partial charge on any atom is -0.300 e. The summed E-state index contributed by atoms with van der Waals surface area (Å²) in [7, 11) is 0. The molecule has 1 aliphatic rings. The van der Waals surface area contributed by atoms with Gasteiger partial charge in [0.15, 0.2) is 0 Å². The van der Waals surface area contributed by atoms with E-state index in [1.54, 1.807) is 6.92 Å². The van der Waals surface area contributed by atoms with Gasteiger partial charge in [-0.25, -0.2) is 0 Å². The lowest BCUT2D eigenvalue weighted by Gasteiger charge is -2.21. The molecule has 0 spiro atoms. The predicted molar refractivity (Wildman–Crippen MR) is 58.7 cm³/mol. The smallest absolute Gasteiger partial charge is 0.135 e. The van der Waals surface area contributed by atoms with Gasteiger partial charge in [0.2, 0.25) is 0 Å². The van der Waals surface area contributed by atoms with Crippen LogP contribution in [0.2, 0.25) is 0 Å². The van der Waals surface area contributed by atoms with Crippen LogP contribution < -0.4 is 0 Å². The van der Waals surface area contributed by atoms with Crippen molar-refractivity contribution in [2.45, 2.75) is 51.5 Å². The van der Waals surface area contributed by atoms with Crippen molar-refractivity contribution in [2.75, 3.05) is 0 Å². The molecule has 1 heterocycles. The first-order valence-corrected chi connectivity index (χ1v) is 5.79. The van der Waals surface area contributed by atoms with Crippen molar-refractivity contribution in [3.63, 3.8) is 0 Å². The lowest BCUT2D eigenvalue weighted by atomic mass is 9.96. The van der Waals surface area contributed by atoms with Crippen molar-refractivity contribution in [3.05, 3.63) is 18.0 Å². The summed E-state index contributed by atoms with van der Waals surface area (Å²) < 4.78 is 2.05. The fraction of sp³-hybridized carbons (Fsp3) is 0.667. The molecule has 3 nitrogen and oxygen atoms in total. The van der Waals surface area contributed by atoms with Crippen molar-refractivity contribution < 1.29 is 4.79 Å². The zero-order valence-corrected chi connectivity index (χ0v) is 9.28. The number of hydrogen-bond donors (Lipinski definition) is 0. The van der Waals surface area contributed by atoms with Gasteiger partial charge in [0, 0.05) is 6.20 Å². The number of ketones is 1. The molecule has 1 aliphatic carbocycles. The lowest BCUT2D eigenvalue weighted by molar-refractivity contribution is -0.116. The average molecular weight is 206 g/mol. The SMILES string of the molecule is CC(=O)Cc1ccn(C2CCCCC2)n1. The predicted octanol–water partition coefficient (Wildman–Crippen LogP) is 2.52. The Bertz CT molecular complexity index is 337. The van der Waals surface area contributed by atoms with Gasteiger partial charge in [-0.1, -0.05) is 19.3 Å². The third kappa shape index (κ3) is 2.67. The van der Waals surface area contributed by atoms with Crippen LogP contribution in [0.3, 0.4) is 0 Å². The van der Waals surface area contributed by atoms with E-state index in [9.17, 15) is 4.79 Å². The van der Waals surface area contributed by atoms with Gasteiger partial charge in [0.1, 0.15) is 5.78 Å². The van der Waals surface area contributed by atoms with Gasteiger partial charge in [-0.2, -0.15) is 5.10 Å². The molecule has 0 bridgehead atoms. The third-order valence-electron chi connectivity index (χ3n) is 3.04. The molecule has 3 heteroatoms. The maximum atomic E-state index is 10.9. The number of hydrogen-bond acceptors (Lipinski definition) is 2. The number of carbonyl (C=O) groups is 1. The van der Waals surface area contributed by atoms with E-state index in [-0.39, 0.29) is 5.78 Å². The van der Waals surface area contributed by atoms with Gasteiger partial charge in [0.25, 0.3) is 0 Å². The number of carbonyl (C=O) groups excluding carboxylic acids is 1. The van der Waals surface area contributed by atoms with Crippen molar-refractivity contribution in [1.29, 1.82) is 0 Å². The van der Waals surface area contributed by atoms with Crippen LogP contribution in [0.25, 0.3) is 0 Å². The van der Waals surface area contributed by atoms with Crippen LogP contribution in [0, 0.1) is 0 Å². The van der Waals surface area contributed by atoms with Crippen molar-refractivity contribution in [2.24, 2.45) is 0 Å². The highest BCUT2D eigenvalue weighted by Crippen LogP contribution is 2.27. The second-order valence-corrected chi connectivity index (χ2v) is 4.46. The Labute approximate surface area is 90.5 Å². The molecular weight excluding hydrogens is 188 g/mol. The molecule has 0 amide bonds. The van der Waals surface area contributed by atoms with E-state index in [4.69, 9.17) is 0 Å². The van der Waals surface area contributed by atoms with Gasteiger partial charge in [-0.3, -0.25) is 9.48 Å². The van der Waals surface area contributed by atoms with E-state index in [1.165, 1.54) is 32.1 Å². The number of rotatable bonds is 3. The fourth-order valence-electron chi connectivity index (χ4n) is 2.28. The van der Waals surface area contributed by atoms with E-state index in [0.29, 0.717) is 12.5 Å². The number of nitrogens with zero attached hydrogens (tertiary/aromatic N) is 2. The molecule has 0 aliphatic heterocycles. The standard InChI is InChI=1S/C12H18N2O/c1-10(15)9-11-7-8-14(13-11)12-5-3-2-4-6-12/h7-8,12H,2-6,9H2,1H3. The van der Waals surface area contributed by atoms with Crippen LogP contribution in [0.4, 0.5) is 0 Å². The van der Waals surface area contributed by atoms with Gasteiger partial charge in [-0.15, -0.1) is 0 Å². The third-order valence-corrected chi connectivity index (χ3v) is 3.04. The maximum Gasteiger partial charge on any atom is 0.135 e. The molecule has 1 fully saturated rings. The number of aromatic nitrogens is 2. The van der Waals surface area contributed by atoms with E-state index in [0.717, 1.165) is 5.69 Å². The first-order valence-electron chi connectivity index (χ1n) is 5.79. The molecule has 1 saturated carbocycles. The Morgan fingerprint density at radius 2 is 2.20 bits per heavy atom. The van der Waals surface area contributed by atoms with Crippen molar-refractivity contribution in [1.82, 2.24) is 9.78 Å². The van der Waals surface area contributed by atoms with E-state index >= 15 is 0 Å². The molecule has 1 aromatic rings. The van der Waals surface area contributed by atoms with E-state index in [1.807, 2.05) is 12.3 Å². The van der Waals surface area contributed by atoms with Crippen LogP contribution >= 0.6 is 0 Å². The summed E-state index contributed by atoms with van der Waals surface area (Å²) in [5, 5.41) is 4.47. The van der Waals surface area contributed by atoms with E-state index < -0.39 is 0 Å². The molecule has 0 radical (unpaired) electrons. The molecule has 0 aromatic carbocycles. The Hall–Kier alpha value is -1.12. The van der Waals surface area contributed by atoms with Crippen LogP contribution in [-0.2, 0) is 11.2 Å². The summed E-state index contributed by atoms with van der Waals surface area (Å²) in [5.41, 5.74) is 0.910. The fourth-order valence-corrected chi connectivity index (χ4v) is 2.28. The molecule has 0 N–H and O–H groups in total. The van der Waals surface area contributed by atoms with Crippen molar-refractivity contribution >= 4 is 5.78 Å². The normalized spacial score (nSPS) is 17.9. The van der Waals surface area contributed by atoms with Crippen LogP contribution in [0.15, 0.2) is 12.3 Å². The molecule has 0 atom stereocenters. The Kier molecular flexibility index (Phi) is 3.19. The zero-order valence-electron chi connectivity index (χ0n) is 9.28. The van der Waals surface area contributed by atoms with Crippen LogP contribution in [-0.4, -0.2) is 15.6 Å². The largest absolute Gasteiger partial charge is 0.300 e. The summed E-state index contributed by atoms with van der Waals surface area (Å²) in [6.07, 6.45) is 8.95. The van der Waals surface area contributed by atoms with Gasteiger partial charge >= 0.3 is 0 Å². The first kappa shape index (κ1) is 10.4. The topological polar surface area (TPSA) is 34.9 Å². The highest BCUT2D eigenvalue weighted by atomic mass is 16.1. The zero-order chi connectivity index (χ0) is 10.7. The lowest BCUT2D eigenvalue weighted by Crippen LogP contribution is -2.13. The summed E-state index contributed by atoms with van der Waals surface area (Å²) in [6, 6.07) is 2.54. The molecule has 82 valence electrons. The minimum absolute atomic E-state index is 0.184. The summed E-state index contributed by atoms with van der Waals surface area (Å²) in [5.74, 6) is 0.184. The summed E-state index contributed by atoms with van der Waals surface area (Å²) >= 11 is 0. The molecule has 15 heavy (non-hydrogen) atoms. The first-order chi connectivity index (χ1) is 7.25. The molecule has 0 unspecified atom stereocenters. The second kappa shape index (κ2) is 4.60. The molecule has 1 aromatic heterocycles. The van der Waals surface area contributed by atoms with E-state index in [2.05, 4.69) is 9.78 Å². The summed E-state index contributed by atoms with van der Waals surface area (Å²) in [4.78, 5) is 10.9. The Balaban J connectivity index is 2.02. The minimum atomic E-state index is 0.184. The maximum absolute atomic E-state index is 10.9. The van der Waals surface area contributed by atoms with Crippen LogP contribution in [0.5, 0.6) is 0 Å². The van der Waals surface area contributed by atoms with Gasteiger partial charge < -0.3 is 0 Å². The Morgan fingerprint density at radius 3 is 2.87 bits per heavy atom. The molecule has 2 rings (SSSR count). The highest BCUT2D eigenvalue weighted by Gasteiger charge is 2.16. The number of Topliss-reactive ketones (excluding diaryl/α,β-unsaturated/α-hetero) is 1. The van der Waals surface area contributed by atoms with Gasteiger partial charge in [0.05, 0.1) is 18.2 Å². The second-order valence-electron chi connectivity index (χ2n) is 4.46. The van der Waals surface area contributed by atoms with Crippen LogP contribution in [0.1, 0.15) is 50.8 Å². The Morgan fingerprint density at radius 1 is 1.47 bits per heavy atom. The summed E-state index contributed by atoms with van der Waals surface area (Å²) in [6.45, 7) is 1.61. The average Bonchev–Trinajstić information content (AvgIpc) is 2.67. The van der Waals surface area contributed by atoms with Gasteiger partial charge in [-0.05, 0) is 25.8 Å². The monoisotopic (exact) mass is 206 g/mol. The quantitative estimate of drug-likeness (QED) is 0.761. The van der Waals surface area contributed by atoms with Crippen molar-refractivity contribution in [3.8, 4) is 0 Å². The highest BCUT2D eigenvalue weighted by molar-refractivity contribution is 5.77.